The fourth-order valence-corrected chi connectivity index (χ4v) is 5.48. The van der Waals surface area contributed by atoms with Crippen molar-refractivity contribution in [3.05, 3.63) is 34.9 Å². The van der Waals surface area contributed by atoms with Crippen LogP contribution >= 0.6 is 0 Å². The number of nitrogens with two attached hydrogens (primary N) is 1. The Bertz CT molecular complexity index is 971. The molecule has 1 aromatic carbocycles. The zero-order chi connectivity index (χ0) is 21.8. The molecule has 0 aliphatic carbocycles. The molecule has 1 spiro atoms. The first-order valence-corrected chi connectivity index (χ1v) is 10.8. The minimum Gasteiger partial charge on any atom is -0.380 e. The van der Waals surface area contributed by atoms with E-state index in [0.29, 0.717) is 24.3 Å². The molecule has 3 N–H and O–H groups in total. The number of hydrogen-bond acceptors (Lipinski definition) is 7. The molecule has 0 radical (unpaired) electrons. The Balaban J connectivity index is 1.38. The first-order chi connectivity index (χ1) is 14.9. The number of fused-ring (bicyclic) bond motifs is 1. The molecule has 4 heterocycles. The summed E-state index contributed by atoms with van der Waals surface area (Å²) in [7, 11) is 0. The maximum absolute atomic E-state index is 13.1. The van der Waals surface area contributed by atoms with Crippen molar-refractivity contribution in [2.45, 2.75) is 56.3 Å². The number of rotatable bonds is 3. The number of hydrogen-bond donors (Lipinski definition) is 2. The summed E-state index contributed by atoms with van der Waals surface area (Å²) in [4.78, 5) is 52.9. The van der Waals surface area contributed by atoms with Gasteiger partial charge in [-0.1, -0.05) is 6.07 Å². The summed E-state index contributed by atoms with van der Waals surface area (Å²) in [6.45, 7) is 2.81. The van der Waals surface area contributed by atoms with Crippen molar-refractivity contribution in [2.24, 2.45) is 5.73 Å². The number of nitrogens with one attached hydrogen (secondary N) is 1. The van der Waals surface area contributed by atoms with Crippen LogP contribution in [0.3, 0.4) is 0 Å². The van der Waals surface area contributed by atoms with E-state index in [2.05, 4.69) is 10.2 Å². The lowest BCUT2D eigenvalue weighted by atomic mass is 9.88. The van der Waals surface area contributed by atoms with Crippen LogP contribution in [0, 0.1) is 0 Å². The number of amides is 4. The topological polar surface area (TPSA) is 122 Å². The van der Waals surface area contributed by atoms with Crippen LogP contribution in [0.25, 0.3) is 0 Å². The average Bonchev–Trinajstić information content (AvgIpc) is 3.16. The van der Waals surface area contributed by atoms with Gasteiger partial charge in [0, 0.05) is 37.7 Å². The second-order valence-corrected chi connectivity index (χ2v) is 9.05. The van der Waals surface area contributed by atoms with E-state index >= 15 is 0 Å². The van der Waals surface area contributed by atoms with Crippen molar-refractivity contribution in [2.75, 3.05) is 19.8 Å². The van der Waals surface area contributed by atoms with Crippen molar-refractivity contribution in [1.82, 2.24) is 15.1 Å². The molecule has 5 rings (SSSR count). The van der Waals surface area contributed by atoms with Crippen molar-refractivity contribution < 1.29 is 23.9 Å². The number of benzene rings is 1. The molecule has 9 nitrogen and oxygen atoms in total. The van der Waals surface area contributed by atoms with Crippen molar-refractivity contribution in [3.63, 3.8) is 0 Å². The second-order valence-electron chi connectivity index (χ2n) is 9.05. The molecule has 4 aliphatic heterocycles. The molecule has 4 amide bonds. The second kappa shape index (κ2) is 7.51. The van der Waals surface area contributed by atoms with Gasteiger partial charge in [0.1, 0.15) is 6.04 Å². The van der Waals surface area contributed by atoms with Gasteiger partial charge in [-0.25, -0.2) is 0 Å². The maximum Gasteiger partial charge on any atom is 0.262 e. The number of likely N-dealkylation sites (tertiary alicyclic amines) is 1. The number of ether oxygens (including phenoxy) is 1. The number of piperidine rings is 1. The van der Waals surface area contributed by atoms with Gasteiger partial charge in [-0.3, -0.25) is 34.3 Å². The van der Waals surface area contributed by atoms with Gasteiger partial charge >= 0.3 is 0 Å². The van der Waals surface area contributed by atoms with Crippen LogP contribution in [-0.4, -0.2) is 70.8 Å². The van der Waals surface area contributed by atoms with E-state index < -0.39 is 23.8 Å². The van der Waals surface area contributed by atoms with E-state index in [1.54, 1.807) is 12.1 Å². The van der Waals surface area contributed by atoms with Gasteiger partial charge in [-0.15, -0.1) is 0 Å². The Morgan fingerprint density at radius 3 is 2.71 bits per heavy atom. The summed E-state index contributed by atoms with van der Waals surface area (Å²) in [5, 5.41) is 2.22. The smallest absolute Gasteiger partial charge is 0.262 e. The van der Waals surface area contributed by atoms with Gasteiger partial charge in [0.15, 0.2) is 0 Å². The SMILES string of the molecule is NC1CN(Cc2ccc3c(c2)C(=O)N(C2CCC(=O)NC2=O)C3=O)C2(CCCOC2)C1. The number of carbonyl (C=O) groups is 4. The van der Waals surface area contributed by atoms with Crippen LogP contribution in [0.4, 0.5) is 0 Å². The molecule has 3 unspecified atom stereocenters. The molecule has 164 valence electrons. The van der Waals surface area contributed by atoms with E-state index in [0.717, 1.165) is 42.9 Å². The van der Waals surface area contributed by atoms with Crippen molar-refractivity contribution >= 4 is 23.6 Å². The van der Waals surface area contributed by atoms with E-state index in [9.17, 15) is 19.2 Å². The molecule has 4 aliphatic rings. The Labute approximate surface area is 179 Å². The Morgan fingerprint density at radius 2 is 1.97 bits per heavy atom. The molecule has 0 aromatic heterocycles. The van der Waals surface area contributed by atoms with Crippen LogP contribution in [0.1, 0.15) is 58.4 Å². The largest absolute Gasteiger partial charge is 0.380 e. The Morgan fingerprint density at radius 1 is 1.16 bits per heavy atom. The summed E-state index contributed by atoms with van der Waals surface area (Å²) in [5.41, 5.74) is 7.73. The Kier molecular flexibility index (Phi) is 4.91. The molecule has 0 bridgehead atoms. The lowest BCUT2D eigenvalue weighted by molar-refractivity contribution is -0.136. The third-order valence-electron chi connectivity index (χ3n) is 6.95. The zero-order valence-corrected chi connectivity index (χ0v) is 17.3. The summed E-state index contributed by atoms with van der Waals surface area (Å²) in [6.07, 6.45) is 3.18. The number of imide groups is 2. The highest BCUT2D eigenvalue weighted by atomic mass is 16.5. The lowest BCUT2D eigenvalue weighted by Gasteiger charge is -2.41. The van der Waals surface area contributed by atoms with Crippen molar-refractivity contribution in [1.29, 1.82) is 0 Å². The summed E-state index contributed by atoms with van der Waals surface area (Å²) in [6, 6.07) is 4.41. The molecule has 3 atom stereocenters. The molecular weight excluding hydrogens is 400 g/mol. The number of nitrogens with zero attached hydrogens (tertiary/aromatic N) is 2. The van der Waals surface area contributed by atoms with E-state index in [1.807, 2.05) is 6.07 Å². The highest BCUT2D eigenvalue weighted by Gasteiger charge is 2.47. The summed E-state index contributed by atoms with van der Waals surface area (Å²) in [5.74, 6) is -1.95. The van der Waals surface area contributed by atoms with Crippen LogP contribution in [0.15, 0.2) is 18.2 Å². The average molecular weight is 426 g/mol. The fourth-order valence-electron chi connectivity index (χ4n) is 5.48. The molecule has 9 heteroatoms. The highest BCUT2D eigenvalue weighted by molar-refractivity contribution is 6.23. The number of carbonyl (C=O) groups excluding carboxylic acids is 4. The van der Waals surface area contributed by atoms with Gasteiger partial charge in [0.05, 0.1) is 17.7 Å². The molecule has 0 saturated carbocycles. The van der Waals surface area contributed by atoms with Crippen molar-refractivity contribution in [3.8, 4) is 0 Å². The van der Waals surface area contributed by atoms with Gasteiger partial charge in [-0.2, -0.15) is 0 Å². The summed E-state index contributed by atoms with van der Waals surface area (Å²) >= 11 is 0. The lowest BCUT2D eigenvalue weighted by Crippen LogP contribution is -2.54. The minimum absolute atomic E-state index is 0.0741. The summed E-state index contributed by atoms with van der Waals surface area (Å²) < 4.78 is 5.76. The quantitative estimate of drug-likeness (QED) is 0.661. The standard InChI is InChI=1S/C22H26N4O5/c23-14-9-22(6-1-7-31-12-22)25(11-14)10-13-2-3-15-16(8-13)21(30)26(20(15)29)17-4-5-18(27)24-19(17)28/h2-3,8,14,17H,1,4-7,9-12,23H2,(H,24,27,28). The molecule has 31 heavy (non-hydrogen) atoms. The minimum atomic E-state index is -0.951. The molecular formula is C22H26N4O5. The Hall–Kier alpha value is -2.62. The highest BCUT2D eigenvalue weighted by Crippen LogP contribution is 2.37. The monoisotopic (exact) mass is 426 g/mol. The van der Waals surface area contributed by atoms with Crippen LogP contribution in [0.2, 0.25) is 0 Å². The normalized spacial score (nSPS) is 31.5. The third kappa shape index (κ3) is 3.37. The van der Waals surface area contributed by atoms with Crippen LogP contribution < -0.4 is 11.1 Å². The van der Waals surface area contributed by atoms with E-state index in [-0.39, 0.29) is 30.3 Å². The zero-order valence-electron chi connectivity index (χ0n) is 17.3. The van der Waals surface area contributed by atoms with Crippen LogP contribution in [0.5, 0.6) is 0 Å². The predicted molar refractivity (Wildman–Crippen MR) is 109 cm³/mol. The molecule has 3 saturated heterocycles. The fraction of sp³-hybridized carbons (Fsp3) is 0.545. The predicted octanol–water partition coefficient (Wildman–Crippen LogP) is 0.170. The molecule has 1 aromatic rings. The van der Waals surface area contributed by atoms with E-state index in [1.165, 1.54) is 0 Å². The maximum atomic E-state index is 13.1. The van der Waals surface area contributed by atoms with Gasteiger partial charge in [0.2, 0.25) is 11.8 Å². The van der Waals surface area contributed by atoms with Gasteiger partial charge in [-0.05, 0) is 43.4 Å². The van der Waals surface area contributed by atoms with E-state index in [4.69, 9.17) is 10.5 Å². The first kappa shape index (κ1) is 20.3. The van der Waals surface area contributed by atoms with Gasteiger partial charge in [0.25, 0.3) is 11.8 Å². The van der Waals surface area contributed by atoms with Gasteiger partial charge < -0.3 is 10.5 Å². The van der Waals surface area contributed by atoms with Crippen LogP contribution in [-0.2, 0) is 20.9 Å². The first-order valence-electron chi connectivity index (χ1n) is 10.8. The molecule has 3 fully saturated rings. The third-order valence-corrected chi connectivity index (χ3v) is 6.95.